The van der Waals surface area contributed by atoms with Crippen LogP contribution in [-0.2, 0) is 16.1 Å². The Kier molecular flexibility index (Phi) is 5.87. The van der Waals surface area contributed by atoms with Gasteiger partial charge in [-0.3, -0.25) is 9.69 Å². The second-order valence-electron chi connectivity index (χ2n) is 8.86. The van der Waals surface area contributed by atoms with Crippen LogP contribution in [0.15, 0.2) is 35.3 Å². The molecule has 5 rings (SSSR count). The van der Waals surface area contributed by atoms with Crippen LogP contribution in [0, 0.1) is 11.3 Å². The zero-order valence-corrected chi connectivity index (χ0v) is 17.8. The van der Waals surface area contributed by atoms with E-state index in [1.807, 2.05) is 6.07 Å². The smallest absolute Gasteiger partial charge is 0.228 e. The lowest BCUT2D eigenvalue weighted by Gasteiger charge is -2.53. The summed E-state index contributed by atoms with van der Waals surface area (Å²) in [5.74, 6) is 1.16. The Hall–Kier alpha value is -2.52. The van der Waals surface area contributed by atoms with Crippen LogP contribution in [0.4, 0.5) is 5.95 Å². The van der Waals surface area contributed by atoms with Crippen molar-refractivity contribution in [3.05, 3.63) is 36.5 Å². The second kappa shape index (κ2) is 8.92. The number of carbonyl (C=O) groups is 1. The summed E-state index contributed by atoms with van der Waals surface area (Å²) in [4.78, 5) is 27.3. The Morgan fingerprint density at radius 1 is 1.19 bits per heavy atom. The molecule has 31 heavy (non-hydrogen) atoms. The van der Waals surface area contributed by atoms with Gasteiger partial charge in [-0.05, 0) is 37.7 Å². The molecule has 0 bridgehead atoms. The number of carbonyl (C=O) groups excluding carboxylic acids is 1. The van der Waals surface area contributed by atoms with Gasteiger partial charge in [0.2, 0.25) is 11.9 Å². The number of anilines is 1. The van der Waals surface area contributed by atoms with Gasteiger partial charge in [-0.1, -0.05) is 5.16 Å². The third-order valence-electron chi connectivity index (χ3n) is 7.25. The van der Waals surface area contributed by atoms with Gasteiger partial charge in [0.1, 0.15) is 12.0 Å². The Bertz CT molecular complexity index is 857. The summed E-state index contributed by atoms with van der Waals surface area (Å²) in [6, 6.07) is 4.14. The predicted octanol–water partition coefficient (Wildman–Crippen LogP) is 1.48. The highest BCUT2D eigenvalue weighted by molar-refractivity contribution is 5.84. The molecule has 2 aromatic rings. The van der Waals surface area contributed by atoms with Crippen LogP contribution in [0.3, 0.4) is 0 Å². The Morgan fingerprint density at radius 2 is 2.03 bits per heavy atom. The normalized spacial score (nSPS) is 29.4. The molecule has 1 amide bonds. The maximum absolute atomic E-state index is 13.6. The predicted molar refractivity (Wildman–Crippen MR) is 113 cm³/mol. The van der Waals surface area contributed by atoms with E-state index in [-0.39, 0.29) is 5.91 Å². The standard InChI is InChI=1S/C22H30N6O3/c29-20(25-15-18-4-11-31-26-18)22-5-2-19(27-9-12-30-13-10-27)14-17(22)3-8-28(16-22)21-23-6-1-7-24-21/h1,4,6-7,11,17,19H,2-3,5,8-10,12-16H2,(H,25,29)/t17-,19+,22-/m1/s1. The molecule has 0 aromatic carbocycles. The first-order valence-corrected chi connectivity index (χ1v) is 11.3. The Labute approximate surface area is 182 Å². The van der Waals surface area contributed by atoms with Gasteiger partial charge in [-0.2, -0.15) is 0 Å². The zero-order chi connectivity index (χ0) is 21.1. The molecule has 1 N–H and O–H groups in total. The number of ether oxygens (including phenoxy) is 1. The summed E-state index contributed by atoms with van der Waals surface area (Å²) in [5, 5.41) is 7.08. The summed E-state index contributed by atoms with van der Waals surface area (Å²) in [6.45, 7) is 5.52. The number of aromatic nitrogens is 3. The molecule has 4 heterocycles. The van der Waals surface area contributed by atoms with Crippen molar-refractivity contribution in [3.63, 3.8) is 0 Å². The lowest BCUT2D eigenvalue weighted by Crippen LogP contribution is -2.61. The fourth-order valence-corrected chi connectivity index (χ4v) is 5.58. The minimum Gasteiger partial charge on any atom is -0.379 e. The number of nitrogens with zero attached hydrogens (tertiary/aromatic N) is 5. The minimum atomic E-state index is -0.441. The average Bonchev–Trinajstić information content (AvgIpc) is 3.36. The number of amides is 1. The van der Waals surface area contributed by atoms with Gasteiger partial charge in [0.15, 0.2) is 0 Å². The summed E-state index contributed by atoms with van der Waals surface area (Å²) in [7, 11) is 0. The van der Waals surface area contributed by atoms with E-state index in [1.165, 1.54) is 6.26 Å². The van der Waals surface area contributed by atoms with Gasteiger partial charge in [-0.25, -0.2) is 9.97 Å². The summed E-state index contributed by atoms with van der Waals surface area (Å²) >= 11 is 0. The van der Waals surface area contributed by atoms with Crippen molar-refractivity contribution in [1.82, 2.24) is 25.3 Å². The van der Waals surface area contributed by atoms with Gasteiger partial charge < -0.3 is 19.5 Å². The van der Waals surface area contributed by atoms with Crippen molar-refractivity contribution in [2.45, 2.75) is 38.3 Å². The van der Waals surface area contributed by atoms with Crippen LogP contribution in [-0.4, -0.2) is 71.4 Å². The topological polar surface area (TPSA) is 96.6 Å². The number of fused-ring (bicyclic) bond motifs is 1. The molecule has 1 saturated carbocycles. The molecule has 9 nitrogen and oxygen atoms in total. The van der Waals surface area contributed by atoms with E-state index in [1.54, 1.807) is 18.5 Å². The first-order valence-electron chi connectivity index (χ1n) is 11.3. The SMILES string of the molecule is O=C(NCc1ccon1)[C@@]12CC[C@H](N3CCOCC3)C[C@H]1CCN(c1ncccn1)C2. The van der Waals surface area contributed by atoms with Gasteiger partial charge in [-0.15, -0.1) is 0 Å². The first kappa shape index (κ1) is 20.4. The van der Waals surface area contributed by atoms with Gasteiger partial charge >= 0.3 is 0 Å². The molecule has 3 aliphatic rings. The molecule has 1 aliphatic carbocycles. The highest BCUT2D eigenvalue weighted by atomic mass is 16.5. The number of nitrogens with one attached hydrogen (secondary N) is 1. The number of hydrogen-bond donors (Lipinski definition) is 1. The molecule has 2 aliphatic heterocycles. The van der Waals surface area contributed by atoms with Gasteiger partial charge in [0, 0.05) is 50.7 Å². The number of piperidine rings is 1. The number of hydrogen-bond acceptors (Lipinski definition) is 8. The van der Waals surface area contributed by atoms with Crippen molar-refractivity contribution in [2.75, 3.05) is 44.3 Å². The van der Waals surface area contributed by atoms with E-state index >= 15 is 0 Å². The van der Waals surface area contributed by atoms with E-state index in [2.05, 4.69) is 30.2 Å². The molecule has 0 radical (unpaired) electrons. The maximum atomic E-state index is 13.6. The van der Waals surface area contributed by atoms with Gasteiger partial charge in [0.25, 0.3) is 0 Å². The molecule has 0 unspecified atom stereocenters. The lowest BCUT2D eigenvalue weighted by atomic mass is 9.61. The van der Waals surface area contributed by atoms with Crippen molar-refractivity contribution < 1.29 is 14.1 Å². The molecule has 2 aromatic heterocycles. The van der Waals surface area contributed by atoms with Crippen molar-refractivity contribution >= 4 is 11.9 Å². The van der Waals surface area contributed by atoms with Crippen LogP contribution >= 0.6 is 0 Å². The zero-order valence-electron chi connectivity index (χ0n) is 17.8. The van der Waals surface area contributed by atoms with Crippen LogP contribution < -0.4 is 10.2 Å². The molecule has 166 valence electrons. The molecule has 0 spiro atoms. The maximum Gasteiger partial charge on any atom is 0.228 e. The fraction of sp³-hybridized carbons (Fsp3) is 0.636. The molecular formula is C22H30N6O3. The fourth-order valence-electron chi connectivity index (χ4n) is 5.58. The first-order chi connectivity index (χ1) is 15.2. The highest BCUT2D eigenvalue weighted by Gasteiger charge is 2.53. The third-order valence-corrected chi connectivity index (χ3v) is 7.25. The van der Waals surface area contributed by atoms with Gasteiger partial charge in [0.05, 0.1) is 25.2 Å². The molecular weight excluding hydrogens is 396 g/mol. The summed E-state index contributed by atoms with van der Waals surface area (Å²) < 4.78 is 10.5. The van der Waals surface area contributed by atoms with Crippen LogP contribution in [0.1, 0.15) is 31.4 Å². The van der Waals surface area contributed by atoms with Crippen molar-refractivity contribution in [3.8, 4) is 0 Å². The van der Waals surface area contributed by atoms with E-state index in [0.717, 1.165) is 64.2 Å². The number of morpholine rings is 1. The minimum absolute atomic E-state index is 0.113. The van der Waals surface area contributed by atoms with Crippen LogP contribution in [0.2, 0.25) is 0 Å². The molecule has 3 fully saturated rings. The summed E-state index contributed by atoms with van der Waals surface area (Å²) in [5.41, 5.74) is 0.298. The average molecular weight is 427 g/mol. The van der Waals surface area contributed by atoms with Crippen LogP contribution in [0.5, 0.6) is 0 Å². The quantitative estimate of drug-likeness (QED) is 0.768. The Balaban J connectivity index is 1.35. The lowest BCUT2D eigenvalue weighted by molar-refractivity contribution is -0.139. The van der Waals surface area contributed by atoms with Crippen LogP contribution in [0.25, 0.3) is 0 Å². The van der Waals surface area contributed by atoms with E-state index in [4.69, 9.17) is 9.26 Å². The monoisotopic (exact) mass is 426 g/mol. The van der Waals surface area contributed by atoms with E-state index < -0.39 is 5.41 Å². The van der Waals surface area contributed by atoms with Crippen molar-refractivity contribution in [1.29, 1.82) is 0 Å². The molecule has 2 saturated heterocycles. The highest BCUT2D eigenvalue weighted by Crippen LogP contribution is 2.48. The van der Waals surface area contributed by atoms with E-state index in [9.17, 15) is 4.79 Å². The van der Waals surface area contributed by atoms with E-state index in [0.29, 0.717) is 31.0 Å². The third kappa shape index (κ3) is 4.16. The molecule has 3 atom stereocenters. The second-order valence-corrected chi connectivity index (χ2v) is 8.86. The van der Waals surface area contributed by atoms with Crippen molar-refractivity contribution in [2.24, 2.45) is 11.3 Å². The molecule has 9 heteroatoms. The number of rotatable bonds is 5. The summed E-state index contributed by atoms with van der Waals surface area (Å²) in [6.07, 6.45) is 8.98. The largest absolute Gasteiger partial charge is 0.379 e. The Morgan fingerprint density at radius 3 is 2.81 bits per heavy atom.